The highest BCUT2D eigenvalue weighted by molar-refractivity contribution is 7.14. The summed E-state index contributed by atoms with van der Waals surface area (Å²) in [5.41, 5.74) is 0.510. The van der Waals surface area contributed by atoms with Gasteiger partial charge in [0.2, 0.25) is 5.91 Å². The maximum atomic E-state index is 11.9. The van der Waals surface area contributed by atoms with Gasteiger partial charge in [0.05, 0.1) is 18.7 Å². The van der Waals surface area contributed by atoms with Crippen molar-refractivity contribution in [3.8, 4) is 6.07 Å². The van der Waals surface area contributed by atoms with Gasteiger partial charge in [-0.05, 0) is 11.4 Å². The van der Waals surface area contributed by atoms with E-state index in [9.17, 15) is 4.79 Å². The number of carbonyl (C=O) groups is 1. The lowest BCUT2D eigenvalue weighted by Gasteiger charge is -2.33. The van der Waals surface area contributed by atoms with E-state index in [2.05, 4.69) is 21.2 Å². The maximum absolute atomic E-state index is 11.9. The van der Waals surface area contributed by atoms with E-state index in [0.29, 0.717) is 23.7 Å². The first-order valence-corrected chi connectivity index (χ1v) is 7.44. The van der Waals surface area contributed by atoms with Crippen LogP contribution in [-0.2, 0) is 4.79 Å². The van der Waals surface area contributed by atoms with E-state index in [4.69, 9.17) is 10.4 Å². The van der Waals surface area contributed by atoms with Crippen molar-refractivity contribution in [3.63, 3.8) is 0 Å². The van der Waals surface area contributed by atoms with Gasteiger partial charge in [0.1, 0.15) is 11.1 Å². The van der Waals surface area contributed by atoms with E-state index in [1.807, 2.05) is 0 Å². The summed E-state index contributed by atoms with van der Waals surface area (Å²) in [5.74, 6) is -0.0837. The molecule has 0 spiro atoms. The van der Waals surface area contributed by atoms with Crippen molar-refractivity contribution in [2.45, 2.75) is 0 Å². The number of thiophene rings is 1. The molecule has 0 atom stereocenters. The maximum Gasteiger partial charge on any atom is 0.239 e. The summed E-state index contributed by atoms with van der Waals surface area (Å²) in [7, 11) is 0. The molecular weight excluding hydrogens is 276 g/mol. The molecule has 0 saturated carbocycles. The van der Waals surface area contributed by atoms with Crippen molar-refractivity contribution in [1.82, 2.24) is 9.80 Å². The minimum Gasteiger partial charge on any atom is -0.395 e. The van der Waals surface area contributed by atoms with Crippen LogP contribution in [0.15, 0.2) is 11.4 Å². The second-order valence-corrected chi connectivity index (χ2v) is 5.58. The minimum absolute atomic E-state index is 0.0837. The lowest BCUT2D eigenvalue weighted by molar-refractivity contribution is -0.117. The Morgan fingerprint density at radius 1 is 1.40 bits per heavy atom. The number of anilines is 1. The summed E-state index contributed by atoms with van der Waals surface area (Å²) >= 11 is 1.36. The van der Waals surface area contributed by atoms with E-state index in [1.54, 1.807) is 11.4 Å². The van der Waals surface area contributed by atoms with Gasteiger partial charge in [0, 0.05) is 32.7 Å². The first kappa shape index (κ1) is 14.9. The standard InChI is InChI=1S/C13H18N4O2S/c14-9-11-1-8-20-13(11)15-12(19)10-17-4-2-16(3-5-17)6-7-18/h1,8,18H,2-7,10H2,(H,15,19). The highest BCUT2D eigenvalue weighted by Gasteiger charge is 2.19. The molecule has 1 saturated heterocycles. The van der Waals surface area contributed by atoms with Crippen LogP contribution in [0.25, 0.3) is 0 Å². The van der Waals surface area contributed by atoms with Crippen LogP contribution >= 0.6 is 11.3 Å². The summed E-state index contributed by atoms with van der Waals surface area (Å²) in [6, 6.07) is 3.76. The molecule has 1 amide bonds. The Kier molecular flexibility index (Phi) is 5.49. The van der Waals surface area contributed by atoms with Gasteiger partial charge in [0.15, 0.2) is 0 Å². The molecule has 6 nitrogen and oxygen atoms in total. The molecule has 0 aliphatic carbocycles. The third-order valence-corrected chi connectivity index (χ3v) is 4.12. The van der Waals surface area contributed by atoms with Gasteiger partial charge < -0.3 is 10.4 Å². The number of rotatable bonds is 5. The van der Waals surface area contributed by atoms with Crippen molar-refractivity contribution in [1.29, 1.82) is 5.26 Å². The second kappa shape index (κ2) is 7.36. The molecule has 0 bridgehead atoms. The first-order chi connectivity index (χ1) is 9.72. The number of nitriles is 1. The van der Waals surface area contributed by atoms with Crippen LogP contribution in [0.3, 0.4) is 0 Å². The van der Waals surface area contributed by atoms with Gasteiger partial charge >= 0.3 is 0 Å². The number of nitrogens with one attached hydrogen (secondary N) is 1. The Morgan fingerprint density at radius 3 is 2.75 bits per heavy atom. The van der Waals surface area contributed by atoms with E-state index in [0.717, 1.165) is 26.2 Å². The number of amides is 1. The number of aliphatic hydroxyl groups is 1. The van der Waals surface area contributed by atoms with Crippen LogP contribution in [0.1, 0.15) is 5.56 Å². The van der Waals surface area contributed by atoms with Gasteiger partial charge in [0.25, 0.3) is 0 Å². The van der Waals surface area contributed by atoms with Crippen LogP contribution < -0.4 is 5.32 Å². The fourth-order valence-corrected chi connectivity index (χ4v) is 2.93. The van der Waals surface area contributed by atoms with Gasteiger partial charge in [-0.25, -0.2) is 0 Å². The Bertz CT molecular complexity index is 489. The molecule has 1 aliphatic heterocycles. The zero-order chi connectivity index (χ0) is 14.4. The molecule has 1 aromatic heterocycles. The van der Waals surface area contributed by atoms with Crippen LogP contribution in [0.4, 0.5) is 5.00 Å². The Hall–Kier alpha value is -1.46. The van der Waals surface area contributed by atoms with Crippen molar-refractivity contribution in [2.75, 3.05) is 51.2 Å². The molecule has 20 heavy (non-hydrogen) atoms. The quantitative estimate of drug-likeness (QED) is 0.809. The molecule has 1 aliphatic rings. The lowest BCUT2D eigenvalue weighted by atomic mass is 10.3. The fraction of sp³-hybridized carbons (Fsp3) is 0.538. The van der Waals surface area contributed by atoms with Crippen LogP contribution in [0, 0.1) is 11.3 Å². The highest BCUT2D eigenvalue weighted by atomic mass is 32.1. The molecule has 0 unspecified atom stereocenters. The monoisotopic (exact) mass is 294 g/mol. The highest BCUT2D eigenvalue weighted by Crippen LogP contribution is 2.21. The van der Waals surface area contributed by atoms with E-state index in [-0.39, 0.29) is 12.5 Å². The smallest absolute Gasteiger partial charge is 0.239 e. The molecule has 7 heteroatoms. The fourth-order valence-electron chi connectivity index (χ4n) is 2.18. The summed E-state index contributed by atoms with van der Waals surface area (Å²) in [4.78, 5) is 16.2. The second-order valence-electron chi connectivity index (χ2n) is 4.66. The van der Waals surface area contributed by atoms with Crippen LogP contribution in [0.2, 0.25) is 0 Å². The van der Waals surface area contributed by atoms with Crippen LogP contribution in [-0.4, -0.2) is 66.7 Å². The average molecular weight is 294 g/mol. The number of nitrogens with zero attached hydrogens (tertiary/aromatic N) is 3. The van der Waals surface area contributed by atoms with Gasteiger partial charge in [-0.3, -0.25) is 14.6 Å². The Balaban J connectivity index is 1.77. The summed E-state index contributed by atoms with van der Waals surface area (Å²) < 4.78 is 0. The predicted octanol–water partition coefficient (Wildman–Crippen LogP) is 0.168. The van der Waals surface area contributed by atoms with Gasteiger partial charge in [-0.1, -0.05) is 0 Å². The van der Waals surface area contributed by atoms with E-state index in [1.165, 1.54) is 11.3 Å². The third kappa shape index (κ3) is 4.02. The SMILES string of the molecule is N#Cc1ccsc1NC(=O)CN1CCN(CCO)CC1. The minimum atomic E-state index is -0.0837. The largest absolute Gasteiger partial charge is 0.395 e. The summed E-state index contributed by atoms with van der Waals surface area (Å²) in [6.07, 6.45) is 0. The number of β-amino-alcohol motifs (C(OH)–C–C–N with tert-alkyl or cyclic N) is 1. The Morgan fingerprint density at radius 2 is 2.10 bits per heavy atom. The predicted molar refractivity (Wildman–Crippen MR) is 77.6 cm³/mol. The zero-order valence-electron chi connectivity index (χ0n) is 11.2. The number of hydrogen-bond donors (Lipinski definition) is 2. The number of piperazine rings is 1. The topological polar surface area (TPSA) is 79.6 Å². The first-order valence-electron chi connectivity index (χ1n) is 6.56. The van der Waals surface area contributed by atoms with Crippen molar-refractivity contribution >= 4 is 22.2 Å². The molecule has 0 radical (unpaired) electrons. The summed E-state index contributed by atoms with van der Waals surface area (Å²) in [5, 5.41) is 23.0. The molecule has 2 heterocycles. The molecule has 1 aromatic rings. The molecular formula is C13H18N4O2S. The average Bonchev–Trinajstić information content (AvgIpc) is 2.88. The van der Waals surface area contributed by atoms with Crippen molar-refractivity contribution in [3.05, 3.63) is 17.0 Å². The van der Waals surface area contributed by atoms with Crippen molar-refractivity contribution < 1.29 is 9.90 Å². The molecule has 1 fully saturated rings. The molecule has 0 aromatic carbocycles. The van der Waals surface area contributed by atoms with Crippen molar-refractivity contribution in [2.24, 2.45) is 0 Å². The summed E-state index contributed by atoms with van der Waals surface area (Å²) in [6.45, 7) is 4.60. The van der Waals surface area contributed by atoms with E-state index < -0.39 is 0 Å². The van der Waals surface area contributed by atoms with Gasteiger partial charge in [-0.2, -0.15) is 5.26 Å². The lowest BCUT2D eigenvalue weighted by Crippen LogP contribution is -2.49. The number of hydrogen-bond acceptors (Lipinski definition) is 6. The Labute approximate surface area is 122 Å². The zero-order valence-corrected chi connectivity index (χ0v) is 12.0. The van der Waals surface area contributed by atoms with E-state index >= 15 is 0 Å². The number of carbonyl (C=O) groups excluding carboxylic acids is 1. The number of aliphatic hydroxyl groups excluding tert-OH is 1. The van der Waals surface area contributed by atoms with Crippen LogP contribution in [0.5, 0.6) is 0 Å². The molecule has 2 N–H and O–H groups in total. The normalized spacial score (nSPS) is 16.8. The molecule has 108 valence electrons. The third-order valence-electron chi connectivity index (χ3n) is 3.29. The molecule has 2 rings (SSSR count). The van der Waals surface area contributed by atoms with Gasteiger partial charge in [-0.15, -0.1) is 11.3 Å².